The summed E-state index contributed by atoms with van der Waals surface area (Å²) in [5, 5.41) is 2.52. The van der Waals surface area contributed by atoms with Crippen LogP contribution in [0.2, 0.25) is 0 Å². The lowest BCUT2D eigenvalue weighted by molar-refractivity contribution is 0.767. The molecule has 0 radical (unpaired) electrons. The van der Waals surface area contributed by atoms with Gasteiger partial charge >= 0.3 is 0 Å². The molecule has 1 aromatic heterocycles. The molecular weight excluding hydrogens is 701 g/mol. The number of nitrogens with zero attached hydrogens (tertiary/aromatic N) is 2. The fraction of sp³-hybridized carbons (Fsp3) is 0.0357. The summed E-state index contributed by atoms with van der Waals surface area (Å²) in [6, 6.07) is 84.5. The molecule has 274 valence electrons. The van der Waals surface area contributed by atoms with Gasteiger partial charge in [0.25, 0.3) is 0 Å². The minimum atomic E-state index is -0.475. The number of hydrogen-bond acceptors (Lipinski definition) is 1. The van der Waals surface area contributed by atoms with E-state index in [-0.39, 0.29) is 0 Å². The number of rotatable bonds is 8. The lowest BCUT2D eigenvalue weighted by Gasteiger charge is -2.35. The average molecular weight is 741 g/mol. The molecule has 1 aliphatic carbocycles. The van der Waals surface area contributed by atoms with Gasteiger partial charge in [0.1, 0.15) is 0 Å². The first-order chi connectivity index (χ1) is 28.8. The van der Waals surface area contributed by atoms with Crippen molar-refractivity contribution >= 4 is 33.2 Å². The lowest BCUT2D eigenvalue weighted by atomic mass is 9.67. The van der Waals surface area contributed by atoms with E-state index in [9.17, 15) is 0 Å². The Kier molecular flexibility index (Phi) is 8.15. The molecule has 0 saturated heterocycles. The summed E-state index contributed by atoms with van der Waals surface area (Å²) in [6.45, 7) is 0.690. The van der Waals surface area contributed by atoms with Crippen molar-refractivity contribution in [1.29, 1.82) is 0 Å². The maximum absolute atomic E-state index is 2.49. The predicted octanol–water partition coefficient (Wildman–Crippen LogP) is 14.2. The van der Waals surface area contributed by atoms with Gasteiger partial charge in [-0.05, 0) is 98.6 Å². The van der Waals surface area contributed by atoms with Crippen LogP contribution in [0.5, 0.6) is 0 Å². The zero-order valence-corrected chi connectivity index (χ0v) is 32.0. The number of aromatic nitrogens is 1. The molecule has 58 heavy (non-hydrogen) atoms. The Balaban J connectivity index is 1.08. The Morgan fingerprint density at radius 3 is 1.69 bits per heavy atom. The molecule has 11 rings (SSSR count). The molecule has 10 aromatic rings. The molecule has 0 saturated carbocycles. The number of fused-ring (bicyclic) bond motifs is 6. The lowest BCUT2D eigenvalue weighted by Crippen LogP contribution is -2.29. The molecule has 0 spiro atoms. The SMILES string of the molecule is c1ccc(N(Cc2ccccc2-c2ccc3c4ccccc4n(-c4ccccc4)c3c2)c2ccc3c(c2)C(c2ccccc2)(c2ccccc2)c2ccccc2-3)cc1. The zero-order chi connectivity index (χ0) is 38.5. The van der Waals surface area contributed by atoms with Crippen LogP contribution in [-0.2, 0) is 12.0 Å². The Morgan fingerprint density at radius 2 is 0.948 bits per heavy atom. The van der Waals surface area contributed by atoms with E-state index in [4.69, 9.17) is 0 Å². The van der Waals surface area contributed by atoms with Crippen LogP contribution < -0.4 is 4.90 Å². The highest BCUT2D eigenvalue weighted by molar-refractivity contribution is 6.10. The highest BCUT2D eigenvalue weighted by Gasteiger charge is 2.46. The molecule has 1 heterocycles. The third kappa shape index (κ3) is 5.33. The van der Waals surface area contributed by atoms with Gasteiger partial charge in [0.05, 0.1) is 16.4 Å². The van der Waals surface area contributed by atoms with E-state index in [1.807, 2.05) is 0 Å². The van der Waals surface area contributed by atoms with Crippen molar-refractivity contribution in [1.82, 2.24) is 4.57 Å². The van der Waals surface area contributed by atoms with Gasteiger partial charge in [0.2, 0.25) is 0 Å². The minimum absolute atomic E-state index is 0.475. The van der Waals surface area contributed by atoms with Crippen molar-refractivity contribution in [3.05, 3.63) is 258 Å². The molecule has 0 unspecified atom stereocenters. The van der Waals surface area contributed by atoms with E-state index < -0.39 is 5.41 Å². The summed E-state index contributed by atoms with van der Waals surface area (Å²) in [4.78, 5) is 2.49. The average Bonchev–Trinajstić information content (AvgIpc) is 3.79. The summed E-state index contributed by atoms with van der Waals surface area (Å²) in [7, 11) is 0. The van der Waals surface area contributed by atoms with Crippen molar-refractivity contribution in [3.8, 4) is 27.9 Å². The standard InChI is InChI=1S/C56H40N2/c1-5-20-42(21-6-1)56(43-22-7-2-8-23-43)52-31-17-15-29-48(52)49-36-34-46(38-53(49)56)57(44-24-9-3-10-25-44)39-41-19-13-14-28-47(41)40-33-35-51-50-30-16-18-32-54(50)58(55(51)37-40)45-26-11-4-12-27-45/h1-38H,39H2. The molecular formula is C56H40N2. The monoisotopic (exact) mass is 740 g/mol. The highest BCUT2D eigenvalue weighted by Crippen LogP contribution is 2.57. The van der Waals surface area contributed by atoms with Crippen LogP contribution in [0.4, 0.5) is 11.4 Å². The maximum Gasteiger partial charge on any atom is 0.0714 e. The molecule has 0 fully saturated rings. The quantitative estimate of drug-likeness (QED) is 0.151. The minimum Gasteiger partial charge on any atom is -0.337 e. The Hall–Kier alpha value is -7.42. The summed E-state index contributed by atoms with van der Waals surface area (Å²) in [6.07, 6.45) is 0. The largest absolute Gasteiger partial charge is 0.337 e. The topological polar surface area (TPSA) is 8.17 Å². The van der Waals surface area contributed by atoms with Gasteiger partial charge in [-0.15, -0.1) is 0 Å². The van der Waals surface area contributed by atoms with Crippen molar-refractivity contribution in [3.63, 3.8) is 0 Å². The van der Waals surface area contributed by atoms with Crippen molar-refractivity contribution in [2.75, 3.05) is 4.90 Å². The van der Waals surface area contributed by atoms with E-state index in [0.717, 1.165) is 17.1 Å². The van der Waals surface area contributed by atoms with E-state index in [2.05, 4.69) is 240 Å². The Morgan fingerprint density at radius 1 is 0.379 bits per heavy atom. The second-order valence-electron chi connectivity index (χ2n) is 15.3. The van der Waals surface area contributed by atoms with Crippen LogP contribution in [0.3, 0.4) is 0 Å². The van der Waals surface area contributed by atoms with Gasteiger partial charge in [0.15, 0.2) is 0 Å². The predicted molar refractivity (Wildman–Crippen MR) is 242 cm³/mol. The van der Waals surface area contributed by atoms with Gasteiger partial charge in [-0.3, -0.25) is 0 Å². The van der Waals surface area contributed by atoms with Gasteiger partial charge in [-0.1, -0.05) is 182 Å². The second kappa shape index (κ2) is 14.0. The van der Waals surface area contributed by atoms with Crippen molar-refractivity contribution in [2.24, 2.45) is 0 Å². The normalized spacial score (nSPS) is 12.7. The van der Waals surface area contributed by atoms with Crippen LogP contribution in [0.1, 0.15) is 27.8 Å². The Bertz CT molecular complexity index is 3030. The highest BCUT2D eigenvalue weighted by atomic mass is 15.1. The smallest absolute Gasteiger partial charge is 0.0714 e. The molecule has 1 aliphatic rings. The van der Waals surface area contributed by atoms with Crippen LogP contribution in [0, 0.1) is 0 Å². The van der Waals surface area contributed by atoms with Crippen LogP contribution >= 0.6 is 0 Å². The summed E-state index contributed by atoms with van der Waals surface area (Å²) in [5.41, 5.74) is 16.8. The van der Waals surface area contributed by atoms with Gasteiger partial charge in [0, 0.05) is 34.4 Å². The first-order valence-corrected chi connectivity index (χ1v) is 20.1. The maximum atomic E-state index is 2.49. The van der Waals surface area contributed by atoms with E-state index in [1.54, 1.807) is 0 Å². The van der Waals surface area contributed by atoms with Crippen molar-refractivity contribution < 1.29 is 0 Å². The van der Waals surface area contributed by atoms with E-state index in [1.165, 1.54) is 71.9 Å². The van der Waals surface area contributed by atoms with Crippen molar-refractivity contribution in [2.45, 2.75) is 12.0 Å². The van der Waals surface area contributed by atoms with Gasteiger partial charge in [-0.2, -0.15) is 0 Å². The van der Waals surface area contributed by atoms with Crippen LogP contribution in [-0.4, -0.2) is 4.57 Å². The number of para-hydroxylation sites is 3. The molecule has 0 atom stereocenters. The third-order valence-corrected chi connectivity index (χ3v) is 12.2. The molecule has 2 nitrogen and oxygen atoms in total. The fourth-order valence-corrected chi connectivity index (χ4v) is 9.64. The molecule has 9 aromatic carbocycles. The zero-order valence-electron chi connectivity index (χ0n) is 32.0. The van der Waals surface area contributed by atoms with Gasteiger partial charge in [-0.25, -0.2) is 0 Å². The van der Waals surface area contributed by atoms with Gasteiger partial charge < -0.3 is 9.47 Å². The molecule has 0 bridgehead atoms. The molecule has 2 heteroatoms. The molecule has 0 amide bonds. The van der Waals surface area contributed by atoms with Crippen LogP contribution in [0.25, 0.3) is 49.7 Å². The molecule has 0 aliphatic heterocycles. The van der Waals surface area contributed by atoms with Crippen LogP contribution in [0.15, 0.2) is 231 Å². The van der Waals surface area contributed by atoms with E-state index in [0.29, 0.717) is 6.54 Å². The number of benzene rings is 9. The molecule has 0 N–H and O–H groups in total. The summed E-state index contributed by atoms with van der Waals surface area (Å²) >= 11 is 0. The first kappa shape index (κ1) is 33.9. The van der Waals surface area contributed by atoms with E-state index >= 15 is 0 Å². The summed E-state index contributed by atoms with van der Waals surface area (Å²) < 4.78 is 2.40. The number of anilines is 2. The third-order valence-electron chi connectivity index (χ3n) is 12.2. The Labute approximate surface area is 339 Å². The first-order valence-electron chi connectivity index (χ1n) is 20.1. The second-order valence-corrected chi connectivity index (χ2v) is 15.3. The fourth-order valence-electron chi connectivity index (χ4n) is 9.64. The number of hydrogen-bond donors (Lipinski definition) is 0. The summed E-state index contributed by atoms with van der Waals surface area (Å²) in [5.74, 6) is 0.